The molecule has 0 aliphatic carbocycles. The predicted octanol–water partition coefficient (Wildman–Crippen LogP) is 1.81. The molecule has 0 radical (unpaired) electrons. The van der Waals surface area contributed by atoms with Gasteiger partial charge in [0.05, 0.1) is 6.04 Å². The zero-order valence-corrected chi connectivity index (χ0v) is 13.8. The summed E-state index contributed by atoms with van der Waals surface area (Å²) in [4.78, 5) is 4.65. The third-order valence-corrected chi connectivity index (χ3v) is 5.12. The van der Waals surface area contributed by atoms with E-state index in [1.165, 1.54) is 0 Å². The van der Waals surface area contributed by atoms with E-state index in [0.29, 0.717) is 0 Å². The standard InChI is InChI=1S/C16H20N2O4S/c1-16(2)21-13-11(19)12(20-14(13)22-16)10-8-23-15(18-10)17-9-6-4-3-5-7-9/h3-7,10-14,19H,8H2,1-2H3,(H,17,18)/t10-,11+,12+,13-,14-/m1/s1. The number of aliphatic imine (C=N–C) groups is 1. The Bertz CT molecular complexity index is 609. The van der Waals surface area contributed by atoms with Crippen LogP contribution in [0.2, 0.25) is 0 Å². The van der Waals surface area contributed by atoms with Crippen LogP contribution in [-0.4, -0.2) is 52.5 Å². The van der Waals surface area contributed by atoms with Gasteiger partial charge >= 0.3 is 0 Å². The number of ether oxygens (including phenoxy) is 3. The molecule has 0 aromatic heterocycles. The summed E-state index contributed by atoms with van der Waals surface area (Å²) < 4.78 is 17.3. The van der Waals surface area contributed by atoms with Gasteiger partial charge in [0.25, 0.3) is 0 Å². The molecule has 2 N–H and O–H groups in total. The lowest BCUT2D eigenvalue weighted by Gasteiger charge is -2.24. The van der Waals surface area contributed by atoms with Gasteiger partial charge in [-0.2, -0.15) is 0 Å². The summed E-state index contributed by atoms with van der Waals surface area (Å²) in [7, 11) is 0. The SMILES string of the molecule is CC1(C)O[C@H]2O[C@@H]([C@H]3CSC(Nc4ccccc4)=N3)[C@H](O)[C@H]2O1. The number of hydrogen-bond donors (Lipinski definition) is 2. The van der Waals surface area contributed by atoms with E-state index in [0.717, 1.165) is 16.6 Å². The number of fused-ring (bicyclic) bond motifs is 1. The Morgan fingerprint density at radius 2 is 2.00 bits per heavy atom. The molecule has 0 saturated carbocycles. The van der Waals surface area contributed by atoms with E-state index in [1.807, 2.05) is 44.2 Å². The number of thioether (sulfide) groups is 1. The summed E-state index contributed by atoms with van der Waals surface area (Å²) in [5.41, 5.74) is 0.998. The normalized spacial score (nSPS) is 38.4. The van der Waals surface area contributed by atoms with Crippen molar-refractivity contribution >= 4 is 22.6 Å². The van der Waals surface area contributed by atoms with E-state index in [4.69, 9.17) is 14.2 Å². The summed E-state index contributed by atoms with van der Waals surface area (Å²) in [6.45, 7) is 3.64. The first kappa shape index (κ1) is 15.4. The van der Waals surface area contributed by atoms with E-state index < -0.39 is 30.4 Å². The van der Waals surface area contributed by atoms with E-state index in [2.05, 4.69) is 10.3 Å². The predicted molar refractivity (Wildman–Crippen MR) is 88.5 cm³/mol. The maximum Gasteiger partial charge on any atom is 0.190 e. The van der Waals surface area contributed by atoms with Crippen molar-refractivity contribution < 1.29 is 19.3 Å². The second kappa shape index (κ2) is 5.75. The highest BCUT2D eigenvalue weighted by molar-refractivity contribution is 8.14. The van der Waals surface area contributed by atoms with Gasteiger partial charge in [0.2, 0.25) is 0 Å². The van der Waals surface area contributed by atoms with Crippen LogP contribution in [0.15, 0.2) is 35.3 Å². The molecule has 1 aromatic rings. The fraction of sp³-hybridized carbons (Fsp3) is 0.562. The Hall–Kier alpha value is -1.12. The van der Waals surface area contributed by atoms with Gasteiger partial charge in [-0.15, -0.1) is 0 Å². The van der Waals surface area contributed by atoms with Crippen LogP contribution in [0.4, 0.5) is 5.69 Å². The summed E-state index contributed by atoms with van der Waals surface area (Å²) in [5, 5.41) is 14.6. The number of hydrogen-bond acceptors (Lipinski definition) is 7. The number of aliphatic hydroxyl groups is 1. The molecule has 1 aromatic carbocycles. The molecular weight excluding hydrogens is 316 g/mol. The van der Waals surface area contributed by atoms with Crippen LogP contribution in [0.3, 0.4) is 0 Å². The molecule has 3 aliphatic heterocycles. The van der Waals surface area contributed by atoms with Gasteiger partial charge in [-0.25, -0.2) is 0 Å². The number of aliphatic hydroxyl groups excluding tert-OH is 1. The van der Waals surface area contributed by atoms with E-state index in [1.54, 1.807) is 11.8 Å². The van der Waals surface area contributed by atoms with Crippen LogP contribution in [0, 0.1) is 0 Å². The molecule has 23 heavy (non-hydrogen) atoms. The largest absolute Gasteiger partial charge is 0.387 e. The van der Waals surface area contributed by atoms with Crippen molar-refractivity contribution in [3.8, 4) is 0 Å². The topological polar surface area (TPSA) is 72.3 Å². The first-order valence-corrected chi connectivity index (χ1v) is 8.72. The monoisotopic (exact) mass is 336 g/mol. The number of amidine groups is 1. The molecule has 0 amide bonds. The molecule has 6 nitrogen and oxygen atoms in total. The van der Waals surface area contributed by atoms with Crippen LogP contribution in [0.1, 0.15) is 13.8 Å². The molecule has 2 fully saturated rings. The van der Waals surface area contributed by atoms with Crippen molar-refractivity contribution in [2.75, 3.05) is 11.1 Å². The van der Waals surface area contributed by atoms with Gasteiger partial charge in [-0.05, 0) is 26.0 Å². The molecule has 2 saturated heterocycles. The number of nitrogens with zero attached hydrogens (tertiary/aromatic N) is 1. The maximum absolute atomic E-state index is 10.5. The highest BCUT2D eigenvalue weighted by Crippen LogP contribution is 2.40. The van der Waals surface area contributed by atoms with Crippen LogP contribution >= 0.6 is 11.8 Å². The fourth-order valence-corrected chi connectivity index (χ4v) is 4.10. The van der Waals surface area contributed by atoms with E-state index in [-0.39, 0.29) is 6.04 Å². The lowest BCUT2D eigenvalue weighted by atomic mass is 10.1. The highest BCUT2D eigenvalue weighted by Gasteiger charge is 2.56. The molecule has 3 aliphatic rings. The minimum atomic E-state index is -0.729. The smallest absolute Gasteiger partial charge is 0.190 e. The summed E-state index contributed by atoms with van der Waals surface area (Å²) in [5.74, 6) is 0.0503. The summed E-state index contributed by atoms with van der Waals surface area (Å²) in [6, 6.07) is 9.79. The highest BCUT2D eigenvalue weighted by atomic mass is 32.2. The third-order valence-electron chi connectivity index (χ3n) is 4.13. The van der Waals surface area contributed by atoms with Gasteiger partial charge < -0.3 is 24.6 Å². The number of rotatable bonds is 2. The summed E-state index contributed by atoms with van der Waals surface area (Å²) in [6.07, 6.45) is -2.09. The molecule has 3 heterocycles. The first-order chi connectivity index (χ1) is 11.0. The molecule has 0 spiro atoms. The van der Waals surface area contributed by atoms with Crippen LogP contribution in [-0.2, 0) is 14.2 Å². The molecule has 0 unspecified atom stereocenters. The minimum Gasteiger partial charge on any atom is -0.387 e. The quantitative estimate of drug-likeness (QED) is 0.858. The minimum absolute atomic E-state index is 0.109. The van der Waals surface area contributed by atoms with Gasteiger partial charge in [0, 0.05) is 11.4 Å². The van der Waals surface area contributed by atoms with Crippen molar-refractivity contribution in [3.63, 3.8) is 0 Å². The van der Waals surface area contributed by atoms with E-state index in [9.17, 15) is 5.11 Å². The number of anilines is 1. The van der Waals surface area contributed by atoms with Crippen LogP contribution < -0.4 is 5.32 Å². The molecule has 4 rings (SSSR count). The van der Waals surface area contributed by atoms with Gasteiger partial charge in [-0.3, -0.25) is 4.99 Å². The second-order valence-electron chi connectivity index (χ2n) is 6.36. The van der Waals surface area contributed by atoms with Crippen LogP contribution in [0.5, 0.6) is 0 Å². The van der Waals surface area contributed by atoms with Gasteiger partial charge in [-0.1, -0.05) is 30.0 Å². The zero-order chi connectivity index (χ0) is 16.0. The average molecular weight is 336 g/mol. The van der Waals surface area contributed by atoms with Gasteiger partial charge in [0.1, 0.15) is 18.3 Å². The third kappa shape index (κ3) is 2.99. The Kier molecular flexibility index (Phi) is 3.85. The van der Waals surface area contributed by atoms with Crippen LogP contribution in [0.25, 0.3) is 0 Å². The number of benzene rings is 1. The maximum atomic E-state index is 10.5. The van der Waals surface area contributed by atoms with Crippen molar-refractivity contribution in [1.82, 2.24) is 0 Å². The van der Waals surface area contributed by atoms with Crippen molar-refractivity contribution in [1.29, 1.82) is 0 Å². The Morgan fingerprint density at radius 3 is 2.74 bits per heavy atom. The Balaban J connectivity index is 1.42. The first-order valence-electron chi connectivity index (χ1n) is 7.74. The van der Waals surface area contributed by atoms with Crippen molar-refractivity contribution in [3.05, 3.63) is 30.3 Å². The lowest BCUT2D eigenvalue weighted by Crippen LogP contribution is -2.40. The molecule has 7 heteroatoms. The van der Waals surface area contributed by atoms with Crippen molar-refractivity contribution in [2.24, 2.45) is 4.99 Å². The Labute approximate surface area is 139 Å². The van der Waals surface area contributed by atoms with Gasteiger partial charge in [0.15, 0.2) is 17.2 Å². The van der Waals surface area contributed by atoms with E-state index >= 15 is 0 Å². The molecule has 0 bridgehead atoms. The lowest BCUT2D eigenvalue weighted by molar-refractivity contribution is -0.216. The average Bonchev–Trinajstić information content (AvgIpc) is 3.15. The molecule has 124 valence electrons. The fourth-order valence-electron chi connectivity index (χ4n) is 3.11. The van der Waals surface area contributed by atoms with Crippen molar-refractivity contribution in [2.45, 2.75) is 50.3 Å². The zero-order valence-electron chi connectivity index (χ0n) is 13.0. The number of nitrogens with one attached hydrogen (secondary N) is 1. The second-order valence-corrected chi connectivity index (χ2v) is 7.37. The summed E-state index contributed by atoms with van der Waals surface area (Å²) >= 11 is 1.63. The Morgan fingerprint density at radius 1 is 1.22 bits per heavy atom. The number of para-hydroxylation sites is 1. The molecule has 5 atom stereocenters. The molecular formula is C16H20N2O4S.